The summed E-state index contributed by atoms with van der Waals surface area (Å²) in [6, 6.07) is 4.87. The molecule has 0 saturated heterocycles. The number of benzene rings is 1. The van der Waals surface area contributed by atoms with E-state index in [9.17, 15) is 9.59 Å². The quantitative estimate of drug-likeness (QED) is 0.482. The van der Waals surface area contributed by atoms with E-state index in [1.807, 2.05) is 0 Å². The molecule has 6 heteroatoms. The average Bonchev–Trinajstić information content (AvgIpc) is 2.57. The Morgan fingerprint density at radius 3 is 2.72 bits per heavy atom. The van der Waals surface area contributed by atoms with Crippen molar-refractivity contribution in [1.82, 2.24) is 0 Å². The van der Waals surface area contributed by atoms with Gasteiger partial charge in [0.05, 0.1) is 10.8 Å². The molecule has 25 heavy (non-hydrogen) atoms. The van der Waals surface area contributed by atoms with Crippen LogP contribution in [-0.2, 0) is 14.3 Å². The summed E-state index contributed by atoms with van der Waals surface area (Å²) in [7, 11) is 1.52. The second-order valence-corrected chi connectivity index (χ2v) is 6.32. The van der Waals surface area contributed by atoms with Crippen molar-refractivity contribution in [3.8, 4) is 17.6 Å². The predicted molar refractivity (Wildman–Crippen MR) is 92.3 cm³/mol. The highest BCUT2D eigenvalue weighted by Gasteiger charge is 2.22. The Morgan fingerprint density at radius 2 is 2.04 bits per heavy atom. The molecule has 2 rings (SSSR count). The van der Waals surface area contributed by atoms with Crippen LogP contribution in [0.1, 0.15) is 26.3 Å². The number of fused-ring (bicyclic) bond motifs is 1. The van der Waals surface area contributed by atoms with Crippen LogP contribution in [0.15, 0.2) is 33.7 Å². The van der Waals surface area contributed by atoms with Crippen molar-refractivity contribution >= 4 is 16.9 Å². The van der Waals surface area contributed by atoms with E-state index in [-0.39, 0.29) is 30.4 Å². The third-order valence-electron chi connectivity index (χ3n) is 3.20. The van der Waals surface area contributed by atoms with Gasteiger partial charge in [-0.15, -0.1) is 0 Å². The molecule has 1 aromatic carbocycles. The summed E-state index contributed by atoms with van der Waals surface area (Å²) in [4.78, 5) is 24.0. The molecule has 0 unspecified atom stereocenters. The lowest BCUT2D eigenvalue weighted by molar-refractivity contribution is -0.151. The first kappa shape index (κ1) is 18.6. The van der Waals surface area contributed by atoms with Crippen molar-refractivity contribution in [2.24, 2.45) is 5.41 Å². The van der Waals surface area contributed by atoms with Crippen molar-refractivity contribution < 1.29 is 23.4 Å². The van der Waals surface area contributed by atoms with Gasteiger partial charge in [-0.25, -0.2) is 0 Å². The normalized spacial score (nSPS) is 10.9. The molecule has 0 bridgehead atoms. The number of esters is 1. The van der Waals surface area contributed by atoms with Crippen molar-refractivity contribution in [3.63, 3.8) is 0 Å². The Balaban J connectivity index is 2.16. The first-order chi connectivity index (χ1) is 11.8. The fraction of sp³-hybridized carbons (Fsp3) is 0.368. The van der Waals surface area contributed by atoms with Crippen molar-refractivity contribution in [3.05, 3.63) is 40.2 Å². The van der Waals surface area contributed by atoms with E-state index in [2.05, 4.69) is 11.8 Å². The SMILES string of the molecule is COCOc1ccc2c(=O)c(C#CCOC(=O)C(C)(C)C)coc2c1. The van der Waals surface area contributed by atoms with E-state index in [1.54, 1.807) is 39.0 Å². The molecule has 2 aromatic rings. The maximum absolute atomic E-state index is 12.4. The molecule has 0 radical (unpaired) electrons. The van der Waals surface area contributed by atoms with Gasteiger partial charge in [-0.1, -0.05) is 11.8 Å². The second-order valence-electron chi connectivity index (χ2n) is 6.32. The summed E-state index contributed by atoms with van der Waals surface area (Å²) in [5.74, 6) is 5.51. The molecule has 1 aromatic heterocycles. The average molecular weight is 344 g/mol. The number of rotatable bonds is 4. The zero-order valence-corrected chi connectivity index (χ0v) is 14.7. The van der Waals surface area contributed by atoms with Gasteiger partial charge in [0.15, 0.2) is 13.4 Å². The maximum Gasteiger partial charge on any atom is 0.312 e. The molecule has 0 saturated carbocycles. The first-order valence-electron chi connectivity index (χ1n) is 7.66. The Labute approximate surface area is 145 Å². The van der Waals surface area contributed by atoms with Gasteiger partial charge in [-0.3, -0.25) is 9.59 Å². The zero-order valence-electron chi connectivity index (χ0n) is 14.7. The molecule has 0 aliphatic carbocycles. The van der Waals surface area contributed by atoms with Gasteiger partial charge in [0.25, 0.3) is 0 Å². The van der Waals surface area contributed by atoms with Crippen LogP contribution in [0.2, 0.25) is 0 Å². The van der Waals surface area contributed by atoms with Gasteiger partial charge in [0.2, 0.25) is 5.43 Å². The number of carbonyl (C=O) groups is 1. The Kier molecular flexibility index (Phi) is 5.84. The molecule has 0 amide bonds. The third kappa shape index (κ3) is 4.85. The number of methoxy groups -OCH3 is 1. The summed E-state index contributed by atoms with van der Waals surface area (Å²) >= 11 is 0. The summed E-state index contributed by atoms with van der Waals surface area (Å²) in [5.41, 5.74) is -0.255. The Morgan fingerprint density at radius 1 is 1.28 bits per heavy atom. The lowest BCUT2D eigenvalue weighted by Crippen LogP contribution is -2.23. The van der Waals surface area contributed by atoms with E-state index in [0.717, 1.165) is 0 Å². The molecular weight excluding hydrogens is 324 g/mol. The first-order valence-corrected chi connectivity index (χ1v) is 7.66. The Bertz CT molecular complexity index is 877. The van der Waals surface area contributed by atoms with Gasteiger partial charge in [-0.2, -0.15) is 0 Å². The number of carbonyl (C=O) groups excluding carboxylic acids is 1. The molecule has 1 heterocycles. The lowest BCUT2D eigenvalue weighted by atomic mass is 9.97. The van der Waals surface area contributed by atoms with Crippen LogP contribution in [0.3, 0.4) is 0 Å². The van der Waals surface area contributed by atoms with Crippen LogP contribution in [0.5, 0.6) is 5.75 Å². The molecule has 6 nitrogen and oxygen atoms in total. The molecule has 0 aliphatic heterocycles. The summed E-state index contributed by atoms with van der Waals surface area (Å²) < 4.78 is 20.6. The van der Waals surface area contributed by atoms with Crippen LogP contribution < -0.4 is 10.2 Å². The largest absolute Gasteiger partial charge is 0.467 e. The van der Waals surface area contributed by atoms with Crippen molar-refractivity contribution in [1.29, 1.82) is 0 Å². The highest BCUT2D eigenvalue weighted by molar-refractivity contribution is 5.79. The van der Waals surface area contributed by atoms with Gasteiger partial charge in [0, 0.05) is 13.2 Å². The van der Waals surface area contributed by atoms with E-state index >= 15 is 0 Å². The molecule has 0 aliphatic rings. The van der Waals surface area contributed by atoms with Crippen LogP contribution in [0, 0.1) is 17.3 Å². The highest BCUT2D eigenvalue weighted by Crippen LogP contribution is 2.19. The van der Waals surface area contributed by atoms with E-state index < -0.39 is 5.41 Å². The zero-order chi connectivity index (χ0) is 18.4. The topological polar surface area (TPSA) is 75.0 Å². The minimum absolute atomic E-state index is 0.0859. The van der Waals surface area contributed by atoms with Crippen LogP contribution in [-0.4, -0.2) is 26.5 Å². The number of hydrogen-bond donors (Lipinski definition) is 0. The number of hydrogen-bond acceptors (Lipinski definition) is 6. The van der Waals surface area contributed by atoms with Crippen molar-refractivity contribution in [2.75, 3.05) is 20.5 Å². The van der Waals surface area contributed by atoms with E-state index in [4.69, 9.17) is 18.6 Å². The molecular formula is C19H20O6. The van der Waals surface area contributed by atoms with Gasteiger partial charge >= 0.3 is 5.97 Å². The second kappa shape index (κ2) is 7.86. The molecule has 0 N–H and O–H groups in total. The molecule has 0 spiro atoms. The molecule has 0 atom stereocenters. The van der Waals surface area contributed by atoms with Gasteiger partial charge < -0.3 is 18.6 Å². The fourth-order valence-corrected chi connectivity index (χ4v) is 1.86. The van der Waals surface area contributed by atoms with E-state index in [1.165, 1.54) is 13.4 Å². The smallest absolute Gasteiger partial charge is 0.312 e. The fourth-order valence-electron chi connectivity index (χ4n) is 1.86. The number of ether oxygens (including phenoxy) is 3. The lowest BCUT2D eigenvalue weighted by Gasteiger charge is -2.14. The predicted octanol–water partition coefficient (Wildman–Crippen LogP) is 2.72. The van der Waals surface area contributed by atoms with Crippen molar-refractivity contribution in [2.45, 2.75) is 20.8 Å². The molecule has 132 valence electrons. The standard InChI is InChI=1S/C19H20O6/c1-19(2,3)18(21)23-9-5-6-13-11-24-16-10-14(25-12-22-4)7-8-15(16)17(13)20/h7-8,10-11H,9,12H2,1-4H3. The monoisotopic (exact) mass is 344 g/mol. The summed E-state index contributed by atoms with van der Waals surface area (Å²) in [6.07, 6.45) is 1.28. The van der Waals surface area contributed by atoms with E-state index in [0.29, 0.717) is 16.7 Å². The van der Waals surface area contributed by atoms with Crippen LogP contribution in [0.25, 0.3) is 11.0 Å². The van der Waals surface area contributed by atoms with Gasteiger partial charge in [0.1, 0.15) is 23.2 Å². The van der Waals surface area contributed by atoms with Crippen LogP contribution in [0.4, 0.5) is 0 Å². The van der Waals surface area contributed by atoms with Crippen LogP contribution >= 0.6 is 0 Å². The minimum atomic E-state index is -0.591. The minimum Gasteiger partial charge on any atom is -0.467 e. The highest BCUT2D eigenvalue weighted by atomic mass is 16.7. The Hall–Kier alpha value is -2.78. The summed E-state index contributed by atoms with van der Waals surface area (Å²) in [6.45, 7) is 5.28. The molecule has 0 fully saturated rings. The third-order valence-corrected chi connectivity index (χ3v) is 3.20. The summed E-state index contributed by atoms with van der Waals surface area (Å²) in [5, 5.41) is 0.392. The van der Waals surface area contributed by atoms with Gasteiger partial charge in [-0.05, 0) is 32.9 Å². The maximum atomic E-state index is 12.4.